The Morgan fingerprint density at radius 3 is 2.61 bits per heavy atom. The fourth-order valence-corrected chi connectivity index (χ4v) is 5.12. The Morgan fingerprint density at radius 1 is 1.06 bits per heavy atom. The number of halogens is 1. The van der Waals surface area contributed by atoms with Crippen molar-refractivity contribution in [1.29, 1.82) is 0 Å². The Morgan fingerprint density at radius 2 is 1.85 bits per heavy atom. The Balaban J connectivity index is 1.39. The molecule has 3 aromatic carbocycles. The first-order valence-electron chi connectivity index (χ1n) is 9.96. The summed E-state index contributed by atoms with van der Waals surface area (Å²) in [6.45, 7) is 1.98. The number of aryl methyl sites for hydroxylation is 1. The van der Waals surface area contributed by atoms with Gasteiger partial charge >= 0.3 is 0 Å². The normalized spacial score (nSPS) is 10.8. The molecule has 0 spiro atoms. The van der Waals surface area contributed by atoms with Crippen LogP contribution in [0.1, 0.15) is 15.9 Å². The number of ether oxygens (including phenoxy) is 1. The molecule has 9 heteroatoms. The monoisotopic (exact) mass is 497 g/mol. The van der Waals surface area contributed by atoms with Gasteiger partial charge in [-0.1, -0.05) is 41.1 Å². The number of nitrogens with zero attached hydrogens (tertiary/aromatic N) is 1. The first-order valence-corrected chi connectivity index (χ1v) is 12.1. The van der Waals surface area contributed by atoms with Gasteiger partial charge in [-0.2, -0.15) is 0 Å². The molecule has 0 aliphatic rings. The summed E-state index contributed by atoms with van der Waals surface area (Å²) in [5, 5.41) is 6.24. The molecule has 0 aliphatic carbocycles. The molecular formula is C24H20ClN3O3S2. The lowest BCUT2D eigenvalue weighted by atomic mass is 10.1. The van der Waals surface area contributed by atoms with Crippen molar-refractivity contribution < 1.29 is 14.3 Å². The van der Waals surface area contributed by atoms with Crippen molar-refractivity contribution >= 4 is 68.1 Å². The second-order valence-corrected chi connectivity index (χ2v) is 9.85. The van der Waals surface area contributed by atoms with Gasteiger partial charge in [-0.05, 0) is 55.5 Å². The van der Waals surface area contributed by atoms with E-state index in [0.29, 0.717) is 27.7 Å². The molecule has 0 saturated carbocycles. The van der Waals surface area contributed by atoms with E-state index in [0.717, 1.165) is 20.1 Å². The molecule has 4 aromatic rings. The minimum absolute atomic E-state index is 0.165. The summed E-state index contributed by atoms with van der Waals surface area (Å²) < 4.78 is 6.95. The smallest absolute Gasteiger partial charge is 0.255 e. The van der Waals surface area contributed by atoms with Crippen molar-refractivity contribution in [2.75, 3.05) is 23.5 Å². The zero-order chi connectivity index (χ0) is 23.4. The first kappa shape index (κ1) is 23.1. The number of methoxy groups -OCH3 is 1. The lowest BCUT2D eigenvalue weighted by Crippen LogP contribution is -2.14. The zero-order valence-electron chi connectivity index (χ0n) is 17.8. The number of aromatic nitrogens is 1. The number of thiazole rings is 1. The molecular weight excluding hydrogens is 478 g/mol. The molecule has 168 valence electrons. The fraction of sp³-hybridized carbons (Fsp3) is 0.125. The summed E-state index contributed by atoms with van der Waals surface area (Å²) in [6.07, 6.45) is 0. The molecule has 2 N–H and O–H groups in total. The van der Waals surface area contributed by atoms with Gasteiger partial charge in [-0.15, -0.1) is 11.3 Å². The summed E-state index contributed by atoms with van der Waals surface area (Å²) in [5.41, 5.74) is 3.73. The lowest BCUT2D eigenvalue weighted by molar-refractivity contribution is -0.113. The quantitative estimate of drug-likeness (QED) is 0.295. The zero-order valence-corrected chi connectivity index (χ0v) is 20.2. The summed E-state index contributed by atoms with van der Waals surface area (Å²) >= 11 is 8.83. The maximum absolute atomic E-state index is 12.5. The lowest BCUT2D eigenvalue weighted by Gasteiger charge is -2.10. The van der Waals surface area contributed by atoms with Crippen molar-refractivity contribution in [3.63, 3.8) is 0 Å². The topological polar surface area (TPSA) is 80.3 Å². The number of rotatable bonds is 7. The van der Waals surface area contributed by atoms with Gasteiger partial charge in [0.1, 0.15) is 5.75 Å². The van der Waals surface area contributed by atoms with Crippen molar-refractivity contribution in [3.05, 3.63) is 76.8 Å². The number of carbonyl (C=O) groups excluding carboxylic acids is 2. The second kappa shape index (κ2) is 10.2. The van der Waals surface area contributed by atoms with E-state index in [1.54, 1.807) is 30.3 Å². The molecule has 1 aromatic heterocycles. The maximum Gasteiger partial charge on any atom is 0.255 e. The molecule has 33 heavy (non-hydrogen) atoms. The second-order valence-electron chi connectivity index (χ2n) is 7.16. The largest absolute Gasteiger partial charge is 0.495 e. The van der Waals surface area contributed by atoms with Crippen LogP contribution < -0.4 is 15.4 Å². The molecule has 0 aliphatic heterocycles. The van der Waals surface area contributed by atoms with Gasteiger partial charge in [0.25, 0.3) is 5.91 Å². The van der Waals surface area contributed by atoms with Crippen molar-refractivity contribution in [1.82, 2.24) is 4.98 Å². The molecule has 1 heterocycles. The van der Waals surface area contributed by atoms with Crippen LogP contribution >= 0.6 is 34.7 Å². The van der Waals surface area contributed by atoms with Crippen LogP contribution in [0.15, 0.2) is 65.0 Å². The van der Waals surface area contributed by atoms with Crippen molar-refractivity contribution in [3.8, 4) is 5.75 Å². The third-order valence-electron chi connectivity index (χ3n) is 4.70. The van der Waals surface area contributed by atoms with E-state index in [1.807, 2.05) is 37.3 Å². The Kier molecular flexibility index (Phi) is 7.17. The molecule has 4 rings (SSSR count). The molecule has 0 unspecified atom stereocenters. The van der Waals surface area contributed by atoms with Gasteiger partial charge < -0.3 is 15.4 Å². The number of anilines is 2. The number of hydrogen-bond donors (Lipinski definition) is 2. The summed E-state index contributed by atoms with van der Waals surface area (Å²) in [4.78, 5) is 29.5. The summed E-state index contributed by atoms with van der Waals surface area (Å²) in [7, 11) is 1.53. The van der Waals surface area contributed by atoms with Gasteiger partial charge in [0, 0.05) is 16.3 Å². The first-order chi connectivity index (χ1) is 15.9. The number of fused-ring (bicyclic) bond motifs is 1. The Hall–Kier alpha value is -3.07. The van der Waals surface area contributed by atoms with Crippen LogP contribution in [-0.4, -0.2) is 29.7 Å². The van der Waals surface area contributed by atoms with Crippen LogP contribution in [-0.2, 0) is 4.79 Å². The van der Waals surface area contributed by atoms with Gasteiger partial charge in [-0.3, -0.25) is 9.59 Å². The molecule has 0 fully saturated rings. The predicted molar refractivity (Wildman–Crippen MR) is 136 cm³/mol. The Labute approximate surface area is 204 Å². The number of benzene rings is 3. The number of hydrogen-bond acceptors (Lipinski definition) is 6. The van der Waals surface area contributed by atoms with E-state index >= 15 is 0 Å². The van der Waals surface area contributed by atoms with Gasteiger partial charge in [-0.25, -0.2) is 4.98 Å². The fourth-order valence-electron chi connectivity index (χ4n) is 3.04. The molecule has 2 amide bonds. The number of amides is 2. The van der Waals surface area contributed by atoms with Gasteiger partial charge in [0.15, 0.2) is 4.34 Å². The highest BCUT2D eigenvalue weighted by Crippen LogP contribution is 2.32. The van der Waals surface area contributed by atoms with Crippen molar-refractivity contribution in [2.24, 2.45) is 0 Å². The van der Waals surface area contributed by atoms with Crippen molar-refractivity contribution in [2.45, 2.75) is 11.3 Å². The van der Waals surface area contributed by atoms with Crippen LogP contribution in [0.3, 0.4) is 0 Å². The summed E-state index contributed by atoms with van der Waals surface area (Å²) in [5.74, 6) is 0.373. The minimum Gasteiger partial charge on any atom is -0.495 e. The van der Waals surface area contributed by atoms with Crippen LogP contribution in [0.4, 0.5) is 11.4 Å². The third kappa shape index (κ3) is 5.84. The SMILES string of the molecule is COc1ccc(Cl)cc1NC(=O)CSc1nc2ccc(NC(=O)c3ccc(C)cc3)cc2s1. The molecule has 0 radical (unpaired) electrons. The van der Waals surface area contributed by atoms with E-state index in [1.165, 1.54) is 30.2 Å². The standard InChI is InChI=1S/C24H20ClN3O3S2/c1-14-3-5-15(6-4-14)23(30)26-17-8-9-18-21(12-17)33-24(28-18)32-13-22(29)27-19-11-16(25)7-10-20(19)31-2/h3-12H,13H2,1-2H3,(H,26,30)(H,27,29). The summed E-state index contributed by atoms with van der Waals surface area (Å²) in [6, 6.07) is 18.0. The molecule has 6 nitrogen and oxygen atoms in total. The van der Waals surface area contributed by atoms with Crippen LogP contribution in [0.5, 0.6) is 5.75 Å². The van der Waals surface area contributed by atoms with E-state index in [-0.39, 0.29) is 17.6 Å². The highest BCUT2D eigenvalue weighted by Gasteiger charge is 2.12. The van der Waals surface area contributed by atoms with Gasteiger partial charge in [0.2, 0.25) is 5.91 Å². The highest BCUT2D eigenvalue weighted by molar-refractivity contribution is 8.01. The number of carbonyl (C=O) groups is 2. The highest BCUT2D eigenvalue weighted by atomic mass is 35.5. The number of nitrogens with one attached hydrogen (secondary N) is 2. The minimum atomic E-state index is -0.189. The van der Waals surface area contributed by atoms with Gasteiger partial charge in [0.05, 0.1) is 28.8 Å². The maximum atomic E-state index is 12.5. The van der Waals surface area contributed by atoms with E-state index in [9.17, 15) is 9.59 Å². The van der Waals surface area contributed by atoms with Crippen LogP contribution in [0.2, 0.25) is 5.02 Å². The molecule has 0 bridgehead atoms. The van der Waals surface area contributed by atoms with E-state index in [2.05, 4.69) is 15.6 Å². The molecule has 0 saturated heterocycles. The number of thioether (sulfide) groups is 1. The third-order valence-corrected chi connectivity index (χ3v) is 7.10. The molecule has 0 atom stereocenters. The Bertz CT molecular complexity index is 1320. The van der Waals surface area contributed by atoms with Crippen LogP contribution in [0, 0.1) is 6.92 Å². The predicted octanol–water partition coefficient (Wildman–Crippen LogP) is 6.25. The van der Waals surface area contributed by atoms with E-state index in [4.69, 9.17) is 16.3 Å². The average molecular weight is 498 g/mol. The average Bonchev–Trinajstić information content (AvgIpc) is 3.20. The van der Waals surface area contributed by atoms with E-state index < -0.39 is 0 Å². The van der Waals surface area contributed by atoms with Crippen LogP contribution in [0.25, 0.3) is 10.2 Å².